The quantitative estimate of drug-likeness (QED) is 0.546. The molecule has 0 saturated heterocycles. The van der Waals surface area contributed by atoms with Gasteiger partial charge >= 0.3 is 0 Å². The largest absolute Gasteiger partial charge is 0.322 e. The molecule has 0 aliphatic carbocycles. The Hall–Kier alpha value is -2.90. The van der Waals surface area contributed by atoms with Crippen LogP contribution in [0, 0.1) is 26.6 Å². The lowest BCUT2D eigenvalue weighted by Gasteiger charge is -2.14. The first-order chi connectivity index (χ1) is 14.1. The van der Waals surface area contributed by atoms with Crippen molar-refractivity contribution in [1.82, 2.24) is 0 Å². The number of rotatable bonds is 5. The van der Waals surface area contributed by atoms with E-state index in [4.69, 9.17) is 11.6 Å². The molecular weight excluding hydrogens is 427 g/mol. The van der Waals surface area contributed by atoms with Crippen LogP contribution in [-0.4, -0.2) is 14.3 Å². The van der Waals surface area contributed by atoms with E-state index in [1.807, 2.05) is 32.9 Å². The smallest absolute Gasteiger partial charge is 0.261 e. The average Bonchev–Trinajstić information content (AvgIpc) is 2.66. The molecule has 8 heteroatoms. The van der Waals surface area contributed by atoms with Crippen molar-refractivity contribution in [3.8, 4) is 0 Å². The van der Waals surface area contributed by atoms with E-state index in [0.29, 0.717) is 5.69 Å². The number of halogens is 2. The van der Waals surface area contributed by atoms with E-state index in [-0.39, 0.29) is 21.2 Å². The summed E-state index contributed by atoms with van der Waals surface area (Å²) in [7, 11) is -4.00. The summed E-state index contributed by atoms with van der Waals surface area (Å²) in [4.78, 5) is 12.6. The summed E-state index contributed by atoms with van der Waals surface area (Å²) >= 11 is 6.13. The number of benzene rings is 3. The highest BCUT2D eigenvalue weighted by atomic mass is 35.5. The Morgan fingerprint density at radius 1 is 0.933 bits per heavy atom. The van der Waals surface area contributed by atoms with Gasteiger partial charge in [-0.1, -0.05) is 29.3 Å². The van der Waals surface area contributed by atoms with Gasteiger partial charge in [-0.3, -0.25) is 9.52 Å². The number of carbonyl (C=O) groups excluding carboxylic acids is 1. The predicted octanol–water partition coefficient (Wildman–Crippen LogP) is 5.46. The fraction of sp³-hybridized carbons (Fsp3) is 0.136. The van der Waals surface area contributed by atoms with E-state index >= 15 is 0 Å². The van der Waals surface area contributed by atoms with Crippen molar-refractivity contribution in [1.29, 1.82) is 0 Å². The number of aryl methyl sites for hydroxylation is 3. The molecule has 0 heterocycles. The van der Waals surface area contributed by atoms with Gasteiger partial charge in [0.25, 0.3) is 15.9 Å². The zero-order chi connectivity index (χ0) is 22.1. The first kappa shape index (κ1) is 21.8. The molecule has 0 bridgehead atoms. The normalized spacial score (nSPS) is 11.2. The number of amides is 1. The van der Waals surface area contributed by atoms with Crippen molar-refractivity contribution >= 4 is 38.9 Å². The Kier molecular flexibility index (Phi) is 6.14. The zero-order valence-corrected chi connectivity index (χ0v) is 18.2. The lowest BCUT2D eigenvalue weighted by Crippen LogP contribution is -2.16. The minimum atomic E-state index is -4.00. The molecule has 0 spiro atoms. The minimum Gasteiger partial charge on any atom is -0.322 e. The van der Waals surface area contributed by atoms with Crippen LogP contribution in [0.15, 0.2) is 59.5 Å². The van der Waals surface area contributed by atoms with Gasteiger partial charge in [-0.05, 0) is 74.4 Å². The van der Waals surface area contributed by atoms with Gasteiger partial charge in [0.1, 0.15) is 5.82 Å². The Balaban J connectivity index is 1.88. The second-order valence-corrected chi connectivity index (χ2v) is 9.07. The molecule has 0 atom stereocenters. The van der Waals surface area contributed by atoms with E-state index in [9.17, 15) is 17.6 Å². The summed E-state index contributed by atoms with van der Waals surface area (Å²) in [6.07, 6.45) is 0. The molecular formula is C22H20ClFN2O3S. The molecule has 2 N–H and O–H groups in total. The van der Waals surface area contributed by atoms with Crippen LogP contribution in [0.1, 0.15) is 27.0 Å². The van der Waals surface area contributed by atoms with Crippen molar-refractivity contribution < 1.29 is 17.6 Å². The molecule has 156 valence electrons. The van der Waals surface area contributed by atoms with Crippen molar-refractivity contribution in [2.75, 3.05) is 10.0 Å². The molecule has 30 heavy (non-hydrogen) atoms. The fourth-order valence-electron chi connectivity index (χ4n) is 3.13. The molecule has 0 aliphatic heterocycles. The monoisotopic (exact) mass is 446 g/mol. The summed E-state index contributed by atoms with van der Waals surface area (Å²) in [6.45, 7) is 5.78. The van der Waals surface area contributed by atoms with Crippen LogP contribution in [0.2, 0.25) is 5.02 Å². The SMILES string of the molecule is Cc1cc(C)c(NC(=O)c2ccc(Cl)c(NS(=O)(=O)c3ccc(F)cc3)c2)c(C)c1. The van der Waals surface area contributed by atoms with Crippen LogP contribution in [0.5, 0.6) is 0 Å². The lowest BCUT2D eigenvalue weighted by molar-refractivity contribution is 0.102. The maximum absolute atomic E-state index is 13.1. The summed E-state index contributed by atoms with van der Waals surface area (Å²) < 4.78 is 40.6. The third-order valence-corrected chi connectivity index (χ3v) is 6.22. The summed E-state index contributed by atoms with van der Waals surface area (Å²) in [5, 5.41) is 2.99. The Bertz CT molecular complexity index is 1200. The third-order valence-electron chi connectivity index (χ3n) is 4.51. The van der Waals surface area contributed by atoms with Crippen molar-refractivity contribution in [3.63, 3.8) is 0 Å². The standard InChI is InChI=1S/C22H20ClFN2O3S/c1-13-10-14(2)21(15(3)11-13)25-22(27)16-4-9-19(23)20(12-16)26-30(28,29)18-7-5-17(24)6-8-18/h4-12,26H,1-3H3,(H,25,27). The molecule has 3 aromatic carbocycles. The second-order valence-electron chi connectivity index (χ2n) is 6.98. The maximum atomic E-state index is 13.1. The van der Waals surface area contributed by atoms with Gasteiger partial charge in [0.05, 0.1) is 15.6 Å². The number of hydrogen-bond donors (Lipinski definition) is 2. The van der Waals surface area contributed by atoms with E-state index in [2.05, 4.69) is 10.0 Å². The maximum Gasteiger partial charge on any atom is 0.261 e. The van der Waals surface area contributed by atoms with E-state index in [1.54, 1.807) is 0 Å². The number of hydrogen-bond acceptors (Lipinski definition) is 3. The topological polar surface area (TPSA) is 75.3 Å². The van der Waals surface area contributed by atoms with Gasteiger partial charge in [0.15, 0.2) is 0 Å². The van der Waals surface area contributed by atoms with Crippen LogP contribution < -0.4 is 10.0 Å². The molecule has 0 fully saturated rings. The summed E-state index contributed by atoms with van der Waals surface area (Å²) in [6, 6.07) is 12.6. The zero-order valence-electron chi connectivity index (χ0n) is 16.6. The first-order valence-corrected chi connectivity index (χ1v) is 10.9. The van der Waals surface area contributed by atoms with Crippen molar-refractivity contribution in [2.45, 2.75) is 25.7 Å². The summed E-state index contributed by atoms with van der Waals surface area (Å²) in [5.74, 6) is -0.948. The first-order valence-electron chi connectivity index (χ1n) is 9.04. The molecule has 5 nitrogen and oxygen atoms in total. The predicted molar refractivity (Wildman–Crippen MR) is 117 cm³/mol. The highest BCUT2D eigenvalue weighted by Gasteiger charge is 2.18. The minimum absolute atomic E-state index is 0.0472. The fourth-order valence-corrected chi connectivity index (χ4v) is 4.42. The highest BCUT2D eigenvalue weighted by molar-refractivity contribution is 7.92. The van der Waals surface area contributed by atoms with Crippen LogP contribution in [-0.2, 0) is 10.0 Å². The Labute approximate surface area is 179 Å². The molecule has 1 amide bonds. The molecule has 0 unspecified atom stereocenters. The van der Waals surface area contributed by atoms with Crippen LogP contribution in [0.4, 0.5) is 15.8 Å². The molecule has 3 aromatic rings. The molecule has 0 radical (unpaired) electrons. The van der Waals surface area contributed by atoms with Gasteiger partial charge in [-0.15, -0.1) is 0 Å². The molecule has 0 aromatic heterocycles. The van der Waals surface area contributed by atoms with Crippen molar-refractivity contribution in [3.05, 3.63) is 87.7 Å². The number of carbonyl (C=O) groups is 1. The van der Waals surface area contributed by atoms with Gasteiger partial charge in [-0.2, -0.15) is 0 Å². The lowest BCUT2D eigenvalue weighted by atomic mass is 10.0. The number of anilines is 2. The van der Waals surface area contributed by atoms with Gasteiger partial charge in [0.2, 0.25) is 0 Å². The highest BCUT2D eigenvalue weighted by Crippen LogP contribution is 2.28. The number of sulfonamides is 1. The van der Waals surface area contributed by atoms with Gasteiger partial charge in [-0.25, -0.2) is 12.8 Å². The van der Waals surface area contributed by atoms with Gasteiger partial charge in [0, 0.05) is 11.3 Å². The van der Waals surface area contributed by atoms with Crippen LogP contribution >= 0.6 is 11.6 Å². The Morgan fingerprint density at radius 3 is 2.13 bits per heavy atom. The van der Waals surface area contributed by atoms with Gasteiger partial charge < -0.3 is 5.32 Å². The van der Waals surface area contributed by atoms with Crippen LogP contribution in [0.3, 0.4) is 0 Å². The second kappa shape index (κ2) is 8.45. The summed E-state index contributed by atoms with van der Waals surface area (Å²) in [5.41, 5.74) is 3.92. The molecule has 0 saturated carbocycles. The average molecular weight is 447 g/mol. The molecule has 3 rings (SSSR count). The van der Waals surface area contributed by atoms with E-state index < -0.39 is 21.7 Å². The van der Waals surface area contributed by atoms with Crippen LogP contribution in [0.25, 0.3) is 0 Å². The third kappa shape index (κ3) is 4.80. The number of nitrogens with one attached hydrogen (secondary N) is 2. The van der Waals surface area contributed by atoms with E-state index in [1.165, 1.54) is 18.2 Å². The van der Waals surface area contributed by atoms with E-state index in [0.717, 1.165) is 41.0 Å². The van der Waals surface area contributed by atoms with Crippen molar-refractivity contribution in [2.24, 2.45) is 0 Å². The molecule has 0 aliphatic rings. The Morgan fingerprint density at radius 2 is 1.53 bits per heavy atom.